The minimum atomic E-state index is -0.618. The zero-order valence-corrected chi connectivity index (χ0v) is 11.1. The van der Waals surface area contributed by atoms with Gasteiger partial charge in [-0.05, 0) is 44.9 Å². The molecule has 104 valence electrons. The molecule has 19 heavy (non-hydrogen) atoms. The van der Waals surface area contributed by atoms with Crippen LogP contribution in [0.15, 0.2) is 18.2 Å². The molecule has 1 saturated heterocycles. The second kappa shape index (κ2) is 5.17. The van der Waals surface area contributed by atoms with Crippen molar-refractivity contribution in [3.05, 3.63) is 29.6 Å². The van der Waals surface area contributed by atoms with Crippen molar-refractivity contribution in [1.82, 2.24) is 0 Å². The van der Waals surface area contributed by atoms with Gasteiger partial charge in [0, 0.05) is 0 Å². The molecule has 0 saturated carbocycles. The summed E-state index contributed by atoms with van der Waals surface area (Å²) in [5.74, 6) is -1.18. The summed E-state index contributed by atoms with van der Waals surface area (Å²) < 4.78 is 24.1. The van der Waals surface area contributed by atoms with Crippen LogP contribution in [0.3, 0.4) is 0 Å². The number of hydrogen-bond acceptors (Lipinski definition) is 4. The van der Waals surface area contributed by atoms with E-state index in [4.69, 9.17) is 15.2 Å². The van der Waals surface area contributed by atoms with E-state index in [0.717, 1.165) is 18.9 Å². The van der Waals surface area contributed by atoms with E-state index >= 15 is 0 Å². The van der Waals surface area contributed by atoms with E-state index in [0.29, 0.717) is 0 Å². The van der Waals surface area contributed by atoms with Crippen LogP contribution in [0.1, 0.15) is 37.0 Å². The van der Waals surface area contributed by atoms with Crippen LogP contribution in [0.2, 0.25) is 0 Å². The highest BCUT2D eigenvalue weighted by atomic mass is 19.1. The first-order valence-corrected chi connectivity index (χ1v) is 6.27. The second-order valence-electron chi connectivity index (χ2n) is 5.37. The summed E-state index contributed by atoms with van der Waals surface area (Å²) in [6.45, 7) is 4.20. The van der Waals surface area contributed by atoms with Crippen molar-refractivity contribution in [1.29, 1.82) is 0 Å². The standard InChI is InChI=1S/C14H18FNO3/c1-14(2)6-5-10(19-14)8-18-13(17)9-3-4-12(16)11(15)7-9/h3-4,7,10H,5-6,8,16H2,1-2H3. The fourth-order valence-corrected chi connectivity index (χ4v) is 2.10. The van der Waals surface area contributed by atoms with Crippen LogP contribution in [0.4, 0.5) is 10.1 Å². The molecule has 0 spiro atoms. The normalized spacial score (nSPS) is 21.3. The molecule has 0 aliphatic carbocycles. The van der Waals surface area contributed by atoms with Crippen molar-refractivity contribution in [2.45, 2.75) is 38.4 Å². The summed E-state index contributed by atoms with van der Waals surface area (Å²) in [6.07, 6.45) is 1.71. The van der Waals surface area contributed by atoms with Crippen LogP contribution >= 0.6 is 0 Å². The molecule has 2 N–H and O–H groups in total. The van der Waals surface area contributed by atoms with Gasteiger partial charge in [-0.1, -0.05) is 0 Å². The van der Waals surface area contributed by atoms with Crippen LogP contribution in [0, 0.1) is 5.82 Å². The molecular weight excluding hydrogens is 249 g/mol. The summed E-state index contributed by atoms with van der Waals surface area (Å²) in [5, 5.41) is 0. The van der Waals surface area contributed by atoms with Crippen molar-refractivity contribution >= 4 is 11.7 Å². The lowest BCUT2D eigenvalue weighted by Gasteiger charge is -2.19. The molecule has 1 heterocycles. The number of carbonyl (C=O) groups is 1. The van der Waals surface area contributed by atoms with E-state index in [-0.39, 0.29) is 29.6 Å². The molecule has 2 rings (SSSR count). The Bertz CT molecular complexity index is 488. The molecule has 5 heteroatoms. The molecule has 1 aromatic carbocycles. The lowest BCUT2D eigenvalue weighted by molar-refractivity contribution is -0.0445. The smallest absolute Gasteiger partial charge is 0.338 e. The third kappa shape index (κ3) is 3.44. The number of hydrogen-bond donors (Lipinski definition) is 1. The largest absolute Gasteiger partial charge is 0.459 e. The van der Waals surface area contributed by atoms with E-state index in [1.807, 2.05) is 13.8 Å². The summed E-state index contributed by atoms with van der Waals surface area (Å²) in [4.78, 5) is 11.7. The first kappa shape index (κ1) is 13.8. The molecule has 0 bridgehead atoms. The molecule has 0 radical (unpaired) electrons. The number of benzene rings is 1. The number of rotatable bonds is 3. The molecule has 4 nitrogen and oxygen atoms in total. The zero-order valence-electron chi connectivity index (χ0n) is 11.1. The Kier molecular flexibility index (Phi) is 3.75. The molecule has 1 aliphatic rings. The van der Waals surface area contributed by atoms with Gasteiger partial charge in [0.05, 0.1) is 23.0 Å². The van der Waals surface area contributed by atoms with Gasteiger partial charge >= 0.3 is 5.97 Å². The van der Waals surface area contributed by atoms with Gasteiger partial charge in [-0.15, -0.1) is 0 Å². The number of nitrogens with two attached hydrogens (primary N) is 1. The second-order valence-corrected chi connectivity index (χ2v) is 5.37. The maximum absolute atomic E-state index is 13.2. The molecule has 0 amide bonds. The fraction of sp³-hybridized carbons (Fsp3) is 0.500. The Labute approximate surface area is 111 Å². The topological polar surface area (TPSA) is 61.5 Å². The van der Waals surface area contributed by atoms with Gasteiger partial charge < -0.3 is 15.2 Å². The summed E-state index contributed by atoms with van der Waals surface area (Å²) in [5.41, 5.74) is 5.35. The lowest BCUT2D eigenvalue weighted by Crippen LogP contribution is -2.24. The highest BCUT2D eigenvalue weighted by Gasteiger charge is 2.32. The van der Waals surface area contributed by atoms with Crippen LogP contribution in [0.5, 0.6) is 0 Å². The molecular formula is C14H18FNO3. The highest BCUT2D eigenvalue weighted by molar-refractivity contribution is 5.89. The quantitative estimate of drug-likeness (QED) is 0.675. The van der Waals surface area contributed by atoms with Crippen molar-refractivity contribution in [2.24, 2.45) is 0 Å². The van der Waals surface area contributed by atoms with Gasteiger partial charge in [0.1, 0.15) is 12.4 Å². The SMILES string of the molecule is CC1(C)CCC(COC(=O)c2ccc(N)c(F)c2)O1. The van der Waals surface area contributed by atoms with Gasteiger partial charge in [-0.25, -0.2) is 9.18 Å². The third-order valence-electron chi connectivity index (χ3n) is 3.19. The predicted molar refractivity (Wildman–Crippen MR) is 69.3 cm³/mol. The van der Waals surface area contributed by atoms with E-state index in [1.54, 1.807) is 0 Å². The lowest BCUT2D eigenvalue weighted by atomic mass is 10.1. The molecule has 1 unspecified atom stereocenters. The van der Waals surface area contributed by atoms with Gasteiger partial charge in [-0.2, -0.15) is 0 Å². The molecule has 1 aliphatic heterocycles. The predicted octanol–water partition coefficient (Wildman–Crippen LogP) is 2.52. The minimum Gasteiger partial charge on any atom is -0.459 e. The van der Waals surface area contributed by atoms with Crippen molar-refractivity contribution in [2.75, 3.05) is 12.3 Å². The Hall–Kier alpha value is -1.62. The van der Waals surface area contributed by atoms with Gasteiger partial charge in [0.2, 0.25) is 0 Å². The van der Waals surface area contributed by atoms with Crippen LogP contribution < -0.4 is 5.73 Å². The average molecular weight is 267 g/mol. The van der Waals surface area contributed by atoms with Crippen LogP contribution in [-0.4, -0.2) is 24.3 Å². The monoisotopic (exact) mass is 267 g/mol. The first-order chi connectivity index (χ1) is 8.87. The van der Waals surface area contributed by atoms with Crippen LogP contribution in [-0.2, 0) is 9.47 Å². The van der Waals surface area contributed by atoms with E-state index < -0.39 is 11.8 Å². The summed E-state index contributed by atoms with van der Waals surface area (Å²) in [6, 6.07) is 3.87. The highest BCUT2D eigenvalue weighted by Crippen LogP contribution is 2.29. The van der Waals surface area contributed by atoms with Crippen molar-refractivity contribution in [3.8, 4) is 0 Å². The van der Waals surface area contributed by atoms with Gasteiger partial charge in [0.15, 0.2) is 0 Å². The number of carbonyl (C=O) groups excluding carboxylic acids is 1. The van der Waals surface area contributed by atoms with E-state index in [2.05, 4.69) is 0 Å². The Morgan fingerprint density at radius 3 is 2.89 bits per heavy atom. The average Bonchev–Trinajstić information content (AvgIpc) is 2.69. The molecule has 1 aromatic rings. The maximum atomic E-state index is 13.2. The third-order valence-corrected chi connectivity index (χ3v) is 3.19. The number of anilines is 1. The Balaban J connectivity index is 1.89. The van der Waals surface area contributed by atoms with Crippen LogP contribution in [0.25, 0.3) is 0 Å². The van der Waals surface area contributed by atoms with Crippen molar-refractivity contribution in [3.63, 3.8) is 0 Å². The van der Waals surface area contributed by atoms with E-state index in [9.17, 15) is 9.18 Å². The maximum Gasteiger partial charge on any atom is 0.338 e. The Morgan fingerprint density at radius 1 is 1.58 bits per heavy atom. The molecule has 0 aromatic heterocycles. The number of ether oxygens (including phenoxy) is 2. The minimum absolute atomic E-state index is 0.0115. The summed E-state index contributed by atoms with van der Waals surface area (Å²) in [7, 11) is 0. The Morgan fingerprint density at radius 2 is 2.32 bits per heavy atom. The van der Waals surface area contributed by atoms with Gasteiger partial charge in [-0.3, -0.25) is 0 Å². The molecule has 1 atom stereocenters. The van der Waals surface area contributed by atoms with E-state index in [1.165, 1.54) is 12.1 Å². The summed E-state index contributed by atoms with van der Waals surface area (Å²) >= 11 is 0. The molecule has 1 fully saturated rings. The zero-order chi connectivity index (χ0) is 14.0. The number of nitrogen functional groups attached to an aromatic ring is 1. The number of halogens is 1. The first-order valence-electron chi connectivity index (χ1n) is 6.27. The van der Waals surface area contributed by atoms with Crippen molar-refractivity contribution < 1.29 is 18.7 Å². The van der Waals surface area contributed by atoms with Gasteiger partial charge in [0.25, 0.3) is 0 Å². The number of esters is 1. The fourth-order valence-electron chi connectivity index (χ4n) is 2.10.